The Balaban J connectivity index is 1.56. The Morgan fingerprint density at radius 2 is 1.69 bits per heavy atom. The molecule has 0 aromatic heterocycles. The number of carbonyl (C=O) groups is 4. The summed E-state index contributed by atoms with van der Waals surface area (Å²) in [5, 5.41) is 4.95. The maximum Gasteiger partial charge on any atom is 0.335 e. The number of nitrogens with zero attached hydrogens (tertiary/aromatic N) is 1. The van der Waals surface area contributed by atoms with E-state index < -0.39 is 23.8 Å². The van der Waals surface area contributed by atoms with E-state index in [2.05, 4.69) is 10.6 Å². The second-order valence-electron chi connectivity index (χ2n) is 7.53. The van der Waals surface area contributed by atoms with Gasteiger partial charge in [-0.05, 0) is 48.0 Å². The average molecular weight is 506 g/mol. The van der Waals surface area contributed by atoms with Crippen LogP contribution in [0.5, 0.6) is 11.5 Å². The van der Waals surface area contributed by atoms with Gasteiger partial charge in [0.05, 0.1) is 17.8 Å². The molecule has 0 spiro atoms. The van der Waals surface area contributed by atoms with Gasteiger partial charge in [-0.1, -0.05) is 48.0 Å². The number of amides is 5. The number of methoxy groups -OCH3 is 1. The number of hydrogen-bond donors (Lipinski definition) is 2. The molecule has 10 heteroatoms. The van der Waals surface area contributed by atoms with Gasteiger partial charge >= 0.3 is 6.03 Å². The highest BCUT2D eigenvalue weighted by Crippen LogP contribution is 2.37. The van der Waals surface area contributed by atoms with Crippen molar-refractivity contribution in [2.75, 3.05) is 23.9 Å². The second-order valence-corrected chi connectivity index (χ2v) is 7.94. The third-order valence-corrected chi connectivity index (χ3v) is 5.36. The molecule has 1 heterocycles. The van der Waals surface area contributed by atoms with Crippen molar-refractivity contribution in [3.63, 3.8) is 0 Å². The van der Waals surface area contributed by atoms with E-state index in [1.54, 1.807) is 54.6 Å². The van der Waals surface area contributed by atoms with Gasteiger partial charge in [0.2, 0.25) is 0 Å². The fraction of sp³-hybridized carbons (Fsp3) is 0.0769. The minimum Gasteiger partial charge on any atom is -0.493 e. The summed E-state index contributed by atoms with van der Waals surface area (Å²) in [7, 11) is 1.38. The van der Waals surface area contributed by atoms with Crippen LogP contribution in [0.4, 0.5) is 16.2 Å². The van der Waals surface area contributed by atoms with Gasteiger partial charge in [0, 0.05) is 5.69 Å². The highest BCUT2D eigenvalue weighted by atomic mass is 35.5. The lowest BCUT2D eigenvalue weighted by atomic mass is 10.1. The van der Waals surface area contributed by atoms with Crippen molar-refractivity contribution in [2.24, 2.45) is 0 Å². The number of carbonyl (C=O) groups excluding carboxylic acids is 4. The number of halogens is 1. The first-order valence-electron chi connectivity index (χ1n) is 10.7. The Morgan fingerprint density at radius 3 is 2.36 bits per heavy atom. The van der Waals surface area contributed by atoms with Crippen molar-refractivity contribution >= 4 is 52.8 Å². The third kappa shape index (κ3) is 5.37. The molecule has 0 unspecified atom stereocenters. The molecule has 0 saturated carbocycles. The molecular weight excluding hydrogens is 486 g/mol. The molecule has 5 amide bonds. The lowest BCUT2D eigenvalue weighted by molar-refractivity contribution is -0.122. The third-order valence-electron chi connectivity index (χ3n) is 5.08. The molecule has 1 aliphatic rings. The van der Waals surface area contributed by atoms with Crippen molar-refractivity contribution in [1.82, 2.24) is 5.32 Å². The molecule has 4 rings (SSSR count). The molecule has 2 N–H and O–H groups in total. The Bertz CT molecular complexity index is 1360. The number of benzene rings is 3. The van der Waals surface area contributed by atoms with Crippen LogP contribution in [0.1, 0.15) is 5.56 Å². The molecule has 3 aromatic carbocycles. The van der Waals surface area contributed by atoms with E-state index in [0.29, 0.717) is 16.9 Å². The van der Waals surface area contributed by atoms with Crippen LogP contribution < -0.4 is 25.0 Å². The summed E-state index contributed by atoms with van der Waals surface area (Å²) in [6.45, 7) is -0.333. The van der Waals surface area contributed by atoms with E-state index in [1.807, 2.05) is 6.07 Å². The highest BCUT2D eigenvalue weighted by molar-refractivity contribution is 6.39. The fourth-order valence-electron chi connectivity index (χ4n) is 3.46. The van der Waals surface area contributed by atoms with Crippen LogP contribution in [0.2, 0.25) is 5.02 Å². The van der Waals surface area contributed by atoms with Gasteiger partial charge in [-0.15, -0.1) is 0 Å². The first kappa shape index (κ1) is 24.5. The van der Waals surface area contributed by atoms with Gasteiger partial charge in [-0.25, -0.2) is 9.69 Å². The standard InChI is InChI=1S/C26H20ClN3O6/c1-35-21-14-16(13-20(27)23(21)36-15-22(31)28-17-8-4-2-5-9-17)12-19-24(32)29-26(34)30(25(19)33)18-10-6-3-7-11-18/h2-14H,15H2,1H3,(H,28,31)(H,29,32,34)/b19-12+. The number of ether oxygens (including phenoxy) is 2. The summed E-state index contributed by atoms with van der Waals surface area (Å²) in [4.78, 5) is 50.9. The number of barbiturate groups is 1. The molecule has 1 aliphatic heterocycles. The van der Waals surface area contributed by atoms with E-state index in [1.165, 1.54) is 25.3 Å². The van der Waals surface area contributed by atoms with E-state index in [9.17, 15) is 19.2 Å². The summed E-state index contributed by atoms with van der Waals surface area (Å²) in [6, 6.07) is 19.2. The summed E-state index contributed by atoms with van der Waals surface area (Å²) < 4.78 is 10.9. The lowest BCUT2D eigenvalue weighted by Gasteiger charge is -2.26. The van der Waals surface area contributed by atoms with Gasteiger partial charge in [0.25, 0.3) is 17.7 Å². The molecule has 1 fully saturated rings. The predicted molar refractivity (Wildman–Crippen MR) is 134 cm³/mol. The van der Waals surface area contributed by atoms with Crippen molar-refractivity contribution in [3.8, 4) is 11.5 Å². The van der Waals surface area contributed by atoms with E-state index in [4.69, 9.17) is 21.1 Å². The van der Waals surface area contributed by atoms with Gasteiger partial charge in [-0.2, -0.15) is 0 Å². The van der Waals surface area contributed by atoms with Crippen LogP contribution >= 0.6 is 11.6 Å². The SMILES string of the molecule is COc1cc(/C=C2\C(=O)NC(=O)N(c3ccccc3)C2=O)cc(Cl)c1OCC(=O)Nc1ccccc1. The number of nitrogens with one attached hydrogen (secondary N) is 2. The lowest BCUT2D eigenvalue weighted by Crippen LogP contribution is -2.54. The zero-order chi connectivity index (χ0) is 25.7. The van der Waals surface area contributed by atoms with Crippen LogP contribution in [0.15, 0.2) is 78.4 Å². The van der Waals surface area contributed by atoms with Gasteiger partial charge in [-0.3, -0.25) is 19.7 Å². The summed E-state index contributed by atoms with van der Waals surface area (Å²) in [5.41, 5.74) is 1.00. The summed E-state index contributed by atoms with van der Waals surface area (Å²) in [6.07, 6.45) is 1.29. The summed E-state index contributed by atoms with van der Waals surface area (Å²) >= 11 is 6.38. The Morgan fingerprint density at radius 1 is 1.03 bits per heavy atom. The van der Waals surface area contributed by atoms with Crippen LogP contribution in [0, 0.1) is 0 Å². The monoisotopic (exact) mass is 505 g/mol. The minimum absolute atomic E-state index is 0.0911. The molecule has 0 bridgehead atoms. The smallest absolute Gasteiger partial charge is 0.335 e. The van der Waals surface area contributed by atoms with Gasteiger partial charge < -0.3 is 14.8 Å². The molecular formula is C26H20ClN3O6. The largest absolute Gasteiger partial charge is 0.493 e. The summed E-state index contributed by atoms with van der Waals surface area (Å²) in [5.74, 6) is -1.74. The van der Waals surface area contributed by atoms with Crippen LogP contribution in [-0.2, 0) is 14.4 Å². The topological polar surface area (TPSA) is 114 Å². The van der Waals surface area contributed by atoms with Crippen LogP contribution in [0.3, 0.4) is 0 Å². The molecule has 3 aromatic rings. The first-order valence-corrected chi connectivity index (χ1v) is 11.1. The van der Waals surface area contributed by atoms with Gasteiger partial charge in [0.1, 0.15) is 5.57 Å². The maximum atomic E-state index is 13.0. The normalized spacial score (nSPS) is 14.4. The van der Waals surface area contributed by atoms with Crippen molar-refractivity contribution in [3.05, 3.63) is 89.0 Å². The fourth-order valence-corrected chi connectivity index (χ4v) is 3.73. The minimum atomic E-state index is -0.846. The van der Waals surface area contributed by atoms with Crippen molar-refractivity contribution < 1.29 is 28.7 Å². The molecule has 0 atom stereocenters. The predicted octanol–water partition coefficient (Wildman–Crippen LogP) is 4.03. The highest BCUT2D eigenvalue weighted by Gasteiger charge is 2.36. The zero-order valence-electron chi connectivity index (χ0n) is 19.0. The maximum absolute atomic E-state index is 13.0. The molecule has 1 saturated heterocycles. The first-order chi connectivity index (χ1) is 17.4. The number of anilines is 2. The molecule has 182 valence electrons. The quantitative estimate of drug-likeness (QED) is 0.370. The number of imide groups is 2. The number of hydrogen-bond acceptors (Lipinski definition) is 6. The number of urea groups is 1. The van der Waals surface area contributed by atoms with Crippen LogP contribution in [0.25, 0.3) is 6.08 Å². The Hall–Kier alpha value is -4.63. The molecule has 9 nitrogen and oxygen atoms in total. The molecule has 0 radical (unpaired) electrons. The van der Waals surface area contributed by atoms with Crippen molar-refractivity contribution in [2.45, 2.75) is 0 Å². The van der Waals surface area contributed by atoms with E-state index >= 15 is 0 Å². The molecule has 0 aliphatic carbocycles. The average Bonchev–Trinajstić information content (AvgIpc) is 2.86. The van der Waals surface area contributed by atoms with E-state index in [-0.39, 0.29) is 28.7 Å². The molecule has 36 heavy (non-hydrogen) atoms. The zero-order valence-corrected chi connectivity index (χ0v) is 19.7. The Labute approximate surface area is 211 Å². The van der Waals surface area contributed by atoms with E-state index in [0.717, 1.165) is 4.90 Å². The number of para-hydroxylation sites is 2. The Kier molecular flexibility index (Phi) is 7.31. The van der Waals surface area contributed by atoms with Gasteiger partial charge in [0.15, 0.2) is 18.1 Å². The number of rotatable bonds is 7. The second kappa shape index (κ2) is 10.7. The van der Waals surface area contributed by atoms with Crippen molar-refractivity contribution in [1.29, 1.82) is 0 Å². The van der Waals surface area contributed by atoms with Crippen LogP contribution in [-0.4, -0.2) is 37.5 Å².